The Hall–Kier alpha value is -1.41. The third-order valence-corrected chi connectivity index (χ3v) is 2.80. The fraction of sp³-hybridized carbons (Fsp3) is 0.600. The number of hydrogen-bond donors (Lipinski definition) is 3. The lowest BCUT2D eigenvalue weighted by atomic mass is 10.2. The molecule has 0 saturated carbocycles. The number of rotatable bonds is 6. The first kappa shape index (κ1) is 14.7. The molecule has 0 unspecified atom stereocenters. The molecule has 0 spiro atoms. The zero-order chi connectivity index (χ0) is 13.8. The van der Waals surface area contributed by atoms with Gasteiger partial charge in [-0.05, 0) is 0 Å². The van der Waals surface area contributed by atoms with Crippen molar-refractivity contribution in [1.82, 2.24) is 14.7 Å². The van der Waals surface area contributed by atoms with Crippen molar-refractivity contribution >= 4 is 21.7 Å². The van der Waals surface area contributed by atoms with Gasteiger partial charge in [-0.1, -0.05) is 13.8 Å². The van der Waals surface area contributed by atoms with E-state index in [-0.39, 0.29) is 5.92 Å². The highest BCUT2D eigenvalue weighted by molar-refractivity contribution is 7.88. The predicted octanol–water partition coefficient (Wildman–Crippen LogP) is 0.143. The Morgan fingerprint density at radius 3 is 2.56 bits per heavy atom. The van der Waals surface area contributed by atoms with E-state index >= 15 is 0 Å². The monoisotopic (exact) mass is 273 g/mol. The number of sulfonamides is 1. The molecule has 18 heavy (non-hydrogen) atoms. The second kappa shape index (κ2) is 5.96. The molecule has 0 amide bonds. The summed E-state index contributed by atoms with van der Waals surface area (Å²) in [7, 11) is -3.16. The third-order valence-electron chi connectivity index (χ3n) is 2.08. The molecule has 1 rings (SSSR count). The summed E-state index contributed by atoms with van der Waals surface area (Å²) in [6.45, 7) is 4.67. The van der Waals surface area contributed by atoms with Gasteiger partial charge in [0.1, 0.15) is 17.5 Å². The highest BCUT2D eigenvalue weighted by Crippen LogP contribution is 2.14. The molecule has 0 radical (unpaired) electrons. The van der Waals surface area contributed by atoms with E-state index in [0.29, 0.717) is 30.5 Å². The smallest absolute Gasteiger partial charge is 0.208 e. The molecule has 0 bridgehead atoms. The minimum Gasteiger partial charge on any atom is -0.384 e. The molecule has 1 aromatic rings. The summed E-state index contributed by atoms with van der Waals surface area (Å²) >= 11 is 0. The average Bonchev–Trinajstić information content (AvgIpc) is 2.22. The lowest BCUT2D eigenvalue weighted by Crippen LogP contribution is -2.27. The van der Waals surface area contributed by atoms with Gasteiger partial charge in [-0.3, -0.25) is 0 Å². The fourth-order valence-electron chi connectivity index (χ4n) is 1.26. The van der Waals surface area contributed by atoms with Crippen LogP contribution in [0, 0.1) is 0 Å². The summed E-state index contributed by atoms with van der Waals surface area (Å²) in [6, 6.07) is 1.62. The highest BCUT2D eigenvalue weighted by atomic mass is 32.2. The summed E-state index contributed by atoms with van der Waals surface area (Å²) in [5.41, 5.74) is 5.67. The molecule has 102 valence electrons. The molecule has 0 atom stereocenters. The number of nitrogens with two attached hydrogens (primary N) is 1. The standard InChI is InChI=1S/C10H19N5O2S/c1-7(2)10-14-8(11)6-9(15-10)12-4-5-13-18(3,16)17/h6-7,13H,4-5H2,1-3H3,(H3,11,12,14,15). The summed E-state index contributed by atoms with van der Waals surface area (Å²) < 4.78 is 24.1. The molecule has 1 heterocycles. The highest BCUT2D eigenvalue weighted by Gasteiger charge is 2.06. The van der Waals surface area contributed by atoms with Crippen LogP contribution in [-0.2, 0) is 10.0 Å². The Morgan fingerprint density at radius 2 is 2.00 bits per heavy atom. The third kappa shape index (κ3) is 5.28. The van der Waals surface area contributed by atoms with Crippen molar-refractivity contribution in [3.05, 3.63) is 11.9 Å². The van der Waals surface area contributed by atoms with E-state index in [1.165, 1.54) is 0 Å². The zero-order valence-electron chi connectivity index (χ0n) is 10.8. The second-order valence-electron chi connectivity index (χ2n) is 4.28. The van der Waals surface area contributed by atoms with E-state index in [1.807, 2.05) is 13.8 Å². The summed E-state index contributed by atoms with van der Waals surface area (Å²) in [5.74, 6) is 1.84. The minimum absolute atomic E-state index is 0.184. The number of anilines is 2. The van der Waals surface area contributed by atoms with E-state index in [2.05, 4.69) is 20.0 Å². The van der Waals surface area contributed by atoms with E-state index in [0.717, 1.165) is 6.26 Å². The van der Waals surface area contributed by atoms with Crippen molar-refractivity contribution in [2.45, 2.75) is 19.8 Å². The van der Waals surface area contributed by atoms with Crippen molar-refractivity contribution in [2.75, 3.05) is 30.4 Å². The van der Waals surface area contributed by atoms with Gasteiger partial charge in [-0.15, -0.1) is 0 Å². The molecular weight excluding hydrogens is 254 g/mol. The Bertz CT molecular complexity index is 501. The molecule has 0 aromatic carbocycles. The molecule has 4 N–H and O–H groups in total. The lowest BCUT2D eigenvalue weighted by Gasteiger charge is -2.10. The molecule has 0 aliphatic heterocycles. The van der Waals surface area contributed by atoms with Crippen LogP contribution in [0.15, 0.2) is 6.07 Å². The Balaban J connectivity index is 2.57. The first-order valence-corrected chi connectivity index (χ1v) is 7.50. The molecule has 0 aliphatic carbocycles. The SMILES string of the molecule is CC(C)c1nc(N)cc(NCCNS(C)(=O)=O)n1. The minimum atomic E-state index is -3.16. The summed E-state index contributed by atoms with van der Waals surface area (Å²) in [6.07, 6.45) is 1.12. The van der Waals surface area contributed by atoms with Gasteiger partial charge >= 0.3 is 0 Å². The van der Waals surface area contributed by atoms with Crippen LogP contribution < -0.4 is 15.8 Å². The molecule has 8 heteroatoms. The van der Waals surface area contributed by atoms with Gasteiger partial charge in [0.25, 0.3) is 0 Å². The lowest BCUT2D eigenvalue weighted by molar-refractivity contribution is 0.589. The second-order valence-corrected chi connectivity index (χ2v) is 6.12. The molecule has 7 nitrogen and oxygen atoms in total. The fourth-order valence-corrected chi connectivity index (χ4v) is 1.73. The molecule has 0 fully saturated rings. The molecule has 1 aromatic heterocycles. The Kier molecular flexibility index (Phi) is 4.85. The van der Waals surface area contributed by atoms with E-state index in [9.17, 15) is 8.42 Å². The molecule has 0 saturated heterocycles. The van der Waals surface area contributed by atoms with Crippen LogP contribution in [-0.4, -0.2) is 37.7 Å². The normalized spacial score (nSPS) is 11.8. The van der Waals surface area contributed by atoms with Crippen molar-refractivity contribution in [3.8, 4) is 0 Å². The summed E-state index contributed by atoms with van der Waals surface area (Å²) in [5, 5.41) is 3.00. The van der Waals surface area contributed by atoms with Gasteiger partial charge < -0.3 is 11.1 Å². The van der Waals surface area contributed by atoms with Crippen molar-refractivity contribution in [3.63, 3.8) is 0 Å². The Labute approximate surface area is 107 Å². The van der Waals surface area contributed by atoms with Gasteiger partial charge in [-0.2, -0.15) is 0 Å². The van der Waals surface area contributed by atoms with Crippen molar-refractivity contribution < 1.29 is 8.42 Å². The van der Waals surface area contributed by atoms with Gasteiger partial charge in [0.05, 0.1) is 6.26 Å². The van der Waals surface area contributed by atoms with Crippen LogP contribution in [0.4, 0.5) is 11.6 Å². The van der Waals surface area contributed by atoms with Crippen LogP contribution in [0.5, 0.6) is 0 Å². The largest absolute Gasteiger partial charge is 0.384 e. The topological polar surface area (TPSA) is 110 Å². The predicted molar refractivity (Wildman–Crippen MR) is 71.9 cm³/mol. The number of nitrogen functional groups attached to an aromatic ring is 1. The summed E-state index contributed by atoms with van der Waals surface area (Å²) in [4.78, 5) is 8.40. The number of nitrogens with zero attached hydrogens (tertiary/aromatic N) is 2. The van der Waals surface area contributed by atoms with Gasteiger partial charge in [0.2, 0.25) is 10.0 Å². The van der Waals surface area contributed by atoms with Crippen LogP contribution in [0.2, 0.25) is 0 Å². The van der Waals surface area contributed by atoms with Gasteiger partial charge in [-0.25, -0.2) is 23.1 Å². The van der Waals surface area contributed by atoms with Crippen LogP contribution >= 0.6 is 0 Å². The van der Waals surface area contributed by atoms with Crippen LogP contribution in [0.25, 0.3) is 0 Å². The van der Waals surface area contributed by atoms with Crippen LogP contribution in [0.1, 0.15) is 25.6 Å². The quantitative estimate of drug-likeness (QED) is 0.636. The zero-order valence-corrected chi connectivity index (χ0v) is 11.6. The number of aromatic nitrogens is 2. The van der Waals surface area contributed by atoms with E-state index < -0.39 is 10.0 Å². The number of nitrogens with one attached hydrogen (secondary N) is 2. The molecular formula is C10H19N5O2S. The maximum absolute atomic E-state index is 10.9. The first-order valence-electron chi connectivity index (χ1n) is 5.61. The maximum atomic E-state index is 10.9. The number of hydrogen-bond acceptors (Lipinski definition) is 6. The van der Waals surface area contributed by atoms with Crippen molar-refractivity contribution in [1.29, 1.82) is 0 Å². The average molecular weight is 273 g/mol. The van der Waals surface area contributed by atoms with Gasteiger partial charge in [0.15, 0.2) is 0 Å². The van der Waals surface area contributed by atoms with Gasteiger partial charge in [0, 0.05) is 25.1 Å². The van der Waals surface area contributed by atoms with Crippen LogP contribution in [0.3, 0.4) is 0 Å². The first-order chi connectivity index (χ1) is 8.28. The Morgan fingerprint density at radius 1 is 1.33 bits per heavy atom. The van der Waals surface area contributed by atoms with E-state index in [1.54, 1.807) is 6.07 Å². The van der Waals surface area contributed by atoms with E-state index in [4.69, 9.17) is 5.73 Å². The molecule has 0 aliphatic rings. The maximum Gasteiger partial charge on any atom is 0.208 e. The van der Waals surface area contributed by atoms with Crippen molar-refractivity contribution in [2.24, 2.45) is 0 Å².